The van der Waals surface area contributed by atoms with Gasteiger partial charge < -0.3 is 14.3 Å². The van der Waals surface area contributed by atoms with Gasteiger partial charge in [-0.2, -0.15) is 0 Å². The number of likely N-dealkylation sites (tertiary alicyclic amines) is 1. The van der Waals surface area contributed by atoms with Crippen LogP contribution >= 0.6 is 0 Å². The van der Waals surface area contributed by atoms with E-state index in [1.165, 1.54) is 5.56 Å². The van der Waals surface area contributed by atoms with E-state index in [0.717, 1.165) is 31.6 Å². The number of nitrogens with zero attached hydrogens (tertiary/aromatic N) is 3. The van der Waals surface area contributed by atoms with E-state index in [1.807, 2.05) is 43.1 Å². The largest absolute Gasteiger partial charge is 0.350 e. The summed E-state index contributed by atoms with van der Waals surface area (Å²) < 4.78 is 5.35. The Balaban J connectivity index is 1.72. The van der Waals surface area contributed by atoms with Crippen molar-refractivity contribution in [3.05, 3.63) is 41.7 Å². The molecule has 2 heterocycles. The van der Waals surface area contributed by atoms with Crippen LogP contribution in [0.15, 0.2) is 34.9 Å². The molecule has 1 aliphatic rings. The topological polar surface area (TPSA) is 49.6 Å². The third kappa shape index (κ3) is 3.76. The number of aromatic nitrogens is 1. The molecule has 0 spiro atoms. The first-order valence-electron chi connectivity index (χ1n) is 9.03. The number of amides is 1. The van der Waals surface area contributed by atoms with E-state index in [4.69, 9.17) is 4.52 Å². The van der Waals surface area contributed by atoms with E-state index in [2.05, 4.69) is 23.9 Å². The first-order chi connectivity index (χ1) is 12.0. The highest BCUT2D eigenvalue weighted by Crippen LogP contribution is 2.24. The van der Waals surface area contributed by atoms with Crippen molar-refractivity contribution in [1.82, 2.24) is 15.0 Å². The average Bonchev–Trinajstić information content (AvgIpc) is 3.11. The van der Waals surface area contributed by atoms with Gasteiger partial charge in [-0.1, -0.05) is 48.8 Å². The molecule has 0 bridgehead atoms. The SMILES string of the molecule is CCN1CC[C@H](N(C)C(=O)c2cc(-c3ccc(C)cc3)no2)[C@@H](C)C1. The second kappa shape index (κ2) is 7.40. The van der Waals surface area contributed by atoms with Crippen LogP contribution in [0.2, 0.25) is 0 Å². The minimum atomic E-state index is -0.0901. The van der Waals surface area contributed by atoms with Crippen molar-refractivity contribution in [2.75, 3.05) is 26.7 Å². The fourth-order valence-electron chi connectivity index (χ4n) is 3.64. The quantitative estimate of drug-likeness (QED) is 0.855. The van der Waals surface area contributed by atoms with Crippen molar-refractivity contribution >= 4 is 5.91 Å². The Labute approximate surface area is 149 Å². The van der Waals surface area contributed by atoms with Gasteiger partial charge in [0.2, 0.25) is 5.76 Å². The predicted octanol–water partition coefficient (Wildman–Crippen LogP) is 3.45. The summed E-state index contributed by atoms with van der Waals surface area (Å²) in [6.45, 7) is 9.58. The summed E-state index contributed by atoms with van der Waals surface area (Å²) in [4.78, 5) is 17.1. The van der Waals surface area contributed by atoms with E-state index in [1.54, 1.807) is 6.07 Å². The maximum absolute atomic E-state index is 12.8. The molecule has 0 saturated carbocycles. The van der Waals surface area contributed by atoms with Crippen molar-refractivity contribution in [2.24, 2.45) is 5.92 Å². The molecule has 1 aromatic heterocycles. The minimum Gasteiger partial charge on any atom is -0.350 e. The third-order valence-electron chi connectivity index (χ3n) is 5.28. The molecule has 0 unspecified atom stereocenters. The Hall–Kier alpha value is -2.14. The molecule has 5 nitrogen and oxygen atoms in total. The first-order valence-corrected chi connectivity index (χ1v) is 9.03. The molecule has 5 heteroatoms. The van der Waals surface area contributed by atoms with Crippen LogP contribution in [0.3, 0.4) is 0 Å². The standard InChI is InChI=1S/C20H27N3O2/c1-5-23-11-10-18(15(3)13-23)22(4)20(24)19-12-17(21-25-19)16-8-6-14(2)7-9-16/h6-9,12,15,18H,5,10-11,13H2,1-4H3/t15-,18-/m0/s1. The summed E-state index contributed by atoms with van der Waals surface area (Å²) in [6.07, 6.45) is 0.996. The number of carbonyl (C=O) groups is 1. The molecule has 0 radical (unpaired) electrons. The van der Waals surface area contributed by atoms with Gasteiger partial charge in [0, 0.05) is 37.8 Å². The molecule has 2 aromatic rings. The summed E-state index contributed by atoms with van der Waals surface area (Å²) in [6, 6.07) is 10.0. The number of rotatable bonds is 4. The summed E-state index contributed by atoms with van der Waals surface area (Å²) in [5.41, 5.74) is 2.85. The molecule has 1 amide bonds. The lowest BCUT2D eigenvalue weighted by atomic mass is 9.92. The zero-order valence-corrected chi connectivity index (χ0v) is 15.5. The van der Waals surface area contributed by atoms with E-state index in [9.17, 15) is 4.79 Å². The van der Waals surface area contributed by atoms with Crippen molar-refractivity contribution in [3.63, 3.8) is 0 Å². The fourth-order valence-corrected chi connectivity index (χ4v) is 3.64. The van der Waals surface area contributed by atoms with E-state index < -0.39 is 0 Å². The Morgan fingerprint density at radius 3 is 2.72 bits per heavy atom. The normalized spacial score (nSPS) is 21.3. The summed E-state index contributed by atoms with van der Waals surface area (Å²) in [5.74, 6) is 0.665. The number of benzene rings is 1. The molecule has 1 fully saturated rings. The number of carbonyl (C=O) groups excluding carboxylic acids is 1. The van der Waals surface area contributed by atoms with Gasteiger partial charge in [0.05, 0.1) is 0 Å². The predicted molar refractivity (Wildman–Crippen MR) is 98.5 cm³/mol. The van der Waals surface area contributed by atoms with Crippen LogP contribution in [-0.4, -0.2) is 53.6 Å². The van der Waals surface area contributed by atoms with Gasteiger partial charge in [0.1, 0.15) is 5.69 Å². The molecule has 3 rings (SSSR count). The van der Waals surface area contributed by atoms with Crippen molar-refractivity contribution < 1.29 is 9.32 Å². The molecule has 134 valence electrons. The highest BCUT2D eigenvalue weighted by Gasteiger charge is 2.32. The average molecular weight is 341 g/mol. The van der Waals surface area contributed by atoms with Crippen LogP contribution < -0.4 is 0 Å². The van der Waals surface area contributed by atoms with Crippen LogP contribution in [-0.2, 0) is 0 Å². The van der Waals surface area contributed by atoms with Gasteiger partial charge in [-0.25, -0.2) is 0 Å². The van der Waals surface area contributed by atoms with E-state index in [0.29, 0.717) is 17.4 Å². The molecule has 1 aliphatic heterocycles. The Morgan fingerprint density at radius 2 is 2.08 bits per heavy atom. The summed E-state index contributed by atoms with van der Waals surface area (Å²) in [5, 5.41) is 4.08. The third-order valence-corrected chi connectivity index (χ3v) is 5.28. The van der Waals surface area contributed by atoms with Crippen molar-refractivity contribution in [3.8, 4) is 11.3 Å². The molecule has 1 saturated heterocycles. The van der Waals surface area contributed by atoms with Crippen LogP contribution in [0, 0.1) is 12.8 Å². The number of piperidine rings is 1. The second-order valence-corrected chi connectivity index (χ2v) is 7.09. The van der Waals surface area contributed by atoms with Gasteiger partial charge in [-0.05, 0) is 25.8 Å². The van der Waals surface area contributed by atoms with E-state index >= 15 is 0 Å². The zero-order valence-electron chi connectivity index (χ0n) is 15.5. The molecule has 25 heavy (non-hydrogen) atoms. The van der Waals surface area contributed by atoms with Gasteiger partial charge >= 0.3 is 0 Å². The molecular formula is C20H27N3O2. The highest BCUT2D eigenvalue weighted by molar-refractivity contribution is 5.92. The molecule has 1 aromatic carbocycles. The fraction of sp³-hybridized carbons (Fsp3) is 0.500. The monoisotopic (exact) mass is 341 g/mol. The van der Waals surface area contributed by atoms with Crippen LogP contribution in [0.1, 0.15) is 36.4 Å². The maximum Gasteiger partial charge on any atom is 0.292 e. The molecule has 0 N–H and O–H groups in total. The number of hydrogen-bond acceptors (Lipinski definition) is 4. The van der Waals surface area contributed by atoms with Crippen LogP contribution in [0.5, 0.6) is 0 Å². The molecule has 0 aliphatic carbocycles. The van der Waals surface area contributed by atoms with Crippen LogP contribution in [0.25, 0.3) is 11.3 Å². The number of aryl methyl sites for hydroxylation is 1. The Kier molecular flexibility index (Phi) is 5.23. The Bertz CT molecular complexity index is 723. The lowest BCUT2D eigenvalue weighted by Gasteiger charge is -2.40. The lowest BCUT2D eigenvalue weighted by molar-refractivity contribution is 0.0485. The molecule has 2 atom stereocenters. The molecular weight excluding hydrogens is 314 g/mol. The second-order valence-electron chi connectivity index (χ2n) is 7.09. The van der Waals surface area contributed by atoms with Crippen molar-refractivity contribution in [2.45, 2.75) is 33.2 Å². The summed E-state index contributed by atoms with van der Waals surface area (Å²) >= 11 is 0. The zero-order chi connectivity index (χ0) is 18.0. The first kappa shape index (κ1) is 17.7. The van der Waals surface area contributed by atoms with E-state index in [-0.39, 0.29) is 11.9 Å². The number of hydrogen-bond donors (Lipinski definition) is 0. The Morgan fingerprint density at radius 1 is 1.36 bits per heavy atom. The smallest absolute Gasteiger partial charge is 0.292 e. The lowest BCUT2D eigenvalue weighted by Crippen LogP contribution is -2.50. The van der Waals surface area contributed by atoms with Gasteiger partial charge in [0.25, 0.3) is 5.91 Å². The van der Waals surface area contributed by atoms with Gasteiger partial charge in [-0.3, -0.25) is 4.79 Å². The van der Waals surface area contributed by atoms with Gasteiger partial charge in [0.15, 0.2) is 0 Å². The highest BCUT2D eigenvalue weighted by atomic mass is 16.5. The maximum atomic E-state index is 12.8. The van der Waals surface area contributed by atoms with Crippen molar-refractivity contribution in [1.29, 1.82) is 0 Å². The minimum absolute atomic E-state index is 0.0901. The van der Waals surface area contributed by atoms with Crippen LogP contribution in [0.4, 0.5) is 0 Å². The van der Waals surface area contributed by atoms with Gasteiger partial charge in [-0.15, -0.1) is 0 Å². The summed E-state index contributed by atoms with van der Waals surface area (Å²) in [7, 11) is 1.87.